The predicted molar refractivity (Wildman–Crippen MR) is 47.1 cm³/mol. The number of aliphatic hydroxyl groups excluding tert-OH is 1. The van der Waals surface area contributed by atoms with Crippen LogP contribution in [-0.2, 0) is 12.4 Å². The van der Waals surface area contributed by atoms with E-state index in [1.54, 1.807) is 0 Å². The molecule has 0 aromatic heterocycles. The molecule has 0 heterocycles. The zero-order valence-electron chi connectivity index (χ0n) is 8.52. The van der Waals surface area contributed by atoms with Crippen molar-refractivity contribution in [3.63, 3.8) is 0 Å². The number of alkyl halides is 6. The van der Waals surface area contributed by atoms with Gasteiger partial charge in [-0.15, -0.1) is 0 Å². The van der Waals surface area contributed by atoms with Gasteiger partial charge in [0.2, 0.25) is 0 Å². The molecule has 0 saturated carbocycles. The van der Waals surface area contributed by atoms with Gasteiger partial charge in [-0.25, -0.2) is 0 Å². The largest absolute Gasteiger partial charge is 0.417 e. The van der Waals surface area contributed by atoms with Gasteiger partial charge in [0.05, 0.1) is 17.2 Å². The van der Waals surface area contributed by atoms with Crippen LogP contribution in [0.4, 0.5) is 26.3 Å². The first-order chi connectivity index (χ1) is 7.53. The van der Waals surface area contributed by atoms with Crippen molar-refractivity contribution in [2.75, 3.05) is 0 Å². The summed E-state index contributed by atoms with van der Waals surface area (Å²) in [6, 6.07) is 1.46. The van der Waals surface area contributed by atoms with Gasteiger partial charge < -0.3 is 5.11 Å². The molecular weight excluding hydrogens is 250 g/mol. The highest BCUT2D eigenvalue weighted by atomic mass is 19.4. The van der Waals surface area contributed by atoms with E-state index >= 15 is 0 Å². The highest BCUT2D eigenvalue weighted by Gasteiger charge is 2.43. The number of halogens is 6. The third kappa shape index (κ3) is 3.12. The van der Waals surface area contributed by atoms with Gasteiger partial charge in [-0.2, -0.15) is 26.3 Å². The van der Waals surface area contributed by atoms with Crippen molar-refractivity contribution in [2.24, 2.45) is 0 Å². The third-order valence-corrected chi connectivity index (χ3v) is 2.14. The normalized spacial score (nSPS) is 14.8. The molecule has 0 fully saturated rings. The molecular formula is C10H8F6O. The van der Waals surface area contributed by atoms with Crippen LogP contribution in [0, 0.1) is 0 Å². The zero-order valence-corrected chi connectivity index (χ0v) is 8.52. The summed E-state index contributed by atoms with van der Waals surface area (Å²) in [5.74, 6) is 0. The van der Waals surface area contributed by atoms with Gasteiger partial charge >= 0.3 is 12.4 Å². The summed E-state index contributed by atoms with van der Waals surface area (Å²) in [5, 5.41) is 9.06. The Hall–Kier alpha value is -1.24. The molecule has 0 amide bonds. The number of rotatable bonds is 1. The van der Waals surface area contributed by atoms with Gasteiger partial charge in [0.25, 0.3) is 0 Å². The Morgan fingerprint density at radius 3 is 1.76 bits per heavy atom. The second-order valence-corrected chi connectivity index (χ2v) is 3.48. The average molecular weight is 258 g/mol. The number of hydrogen-bond acceptors (Lipinski definition) is 1. The molecule has 1 aromatic carbocycles. The number of aliphatic hydroxyl groups is 1. The lowest BCUT2D eigenvalue weighted by molar-refractivity contribution is -0.162. The molecule has 1 nitrogen and oxygen atoms in total. The second kappa shape index (κ2) is 4.21. The lowest BCUT2D eigenvalue weighted by atomic mass is 10.0. The molecule has 96 valence electrons. The van der Waals surface area contributed by atoms with Crippen LogP contribution in [0.3, 0.4) is 0 Å². The van der Waals surface area contributed by atoms with Gasteiger partial charge in [0.1, 0.15) is 0 Å². The molecule has 0 saturated heterocycles. The standard InChI is InChI=1S/C10H8F6O/c1-5(17)6-2-3-7(9(11,12)13)8(4-6)10(14,15)16/h2-5,17H,1H3/t5-/m1/s1. The second-order valence-electron chi connectivity index (χ2n) is 3.48. The predicted octanol–water partition coefficient (Wildman–Crippen LogP) is 3.78. The fourth-order valence-corrected chi connectivity index (χ4v) is 1.30. The van der Waals surface area contributed by atoms with Crippen molar-refractivity contribution in [1.29, 1.82) is 0 Å². The Morgan fingerprint density at radius 1 is 0.941 bits per heavy atom. The molecule has 0 aliphatic heterocycles. The van der Waals surface area contributed by atoms with Crippen LogP contribution in [-0.4, -0.2) is 5.11 Å². The summed E-state index contributed by atoms with van der Waals surface area (Å²) in [6.45, 7) is 1.17. The molecule has 0 aliphatic carbocycles. The molecule has 17 heavy (non-hydrogen) atoms. The zero-order chi connectivity index (χ0) is 13.4. The minimum atomic E-state index is -5.12. The first-order valence-electron chi connectivity index (χ1n) is 4.50. The Balaban J connectivity index is 3.43. The smallest absolute Gasteiger partial charge is 0.389 e. The van der Waals surface area contributed by atoms with Crippen LogP contribution in [0.1, 0.15) is 29.7 Å². The number of benzene rings is 1. The van der Waals surface area contributed by atoms with Crippen LogP contribution < -0.4 is 0 Å². The van der Waals surface area contributed by atoms with Crippen molar-refractivity contribution < 1.29 is 31.4 Å². The van der Waals surface area contributed by atoms with Crippen LogP contribution >= 0.6 is 0 Å². The highest BCUT2D eigenvalue weighted by molar-refractivity contribution is 5.36. The van der Waals surface area contributed by atoms with Crippen molar-refractivity contribution in [3.05, 3.63) is 34.9 Å². The fraction of sp³-hybridized carbons (Fsp3) is 0.400. The first kappa shape index (κ1) is 13.8. The third-order valence-electron chi connectivity index (χ3n) is 2.14. The molecule has 7 heteroatoms. The summed E-state index contributed by atoms with van der Waals surface area (Å²) in [7, 11) is 0. The Bertz CT molecular complexity index is 404. The summed E-state index contributed by atoms with van der Waals surface area (Å²) < 4.78 is 74.4. The van der Waals surface area contributed by atoms with Gasteiger partial charge in [-0.1, -0.05) is 6.07 Å². The van der Waals surface area contributed by atoms with Crippen LogP contribution in [0.15, 0.2) is 18.2 Å². The topological polar surface area (TPSA) is 20.2 Å². The summed E-state index contributed by atoms with van der Waals surface area (Å²) >= 11 is 0. The van der Waals surface area contributed by atoms with E-state index in [1.807, 2.05) is 0 Å². The Kier molecular flexibility index (Phi) is 3.42. The quantitative estimate of drug-likeness (QED) is 0.760. The van der Waals surface area contributed by atoms with E-state index in [4.69, 9.17) is 5.11 Å². The van der Waals surface area contributed by atoms with Gasteiger partial charge in [-0.05, 0) is 24.6 Å². The van der Waals surface area contributed by atoms with Crippen LogP contribution in [0.5, 0.6) is 0 Å². The average Bonchev–Trinajstić information content (AvgIpc) is 2.14. The molecule has 0 bridgehead atoms. The van der Waals surface area contributed by atoms with E-state index in [-0.39, 0.29) is 5.56 Å². The van der Waals surface area contributed by atoms with Gasteiger partial charge in [0.15, 0.2) is 0 Å². The molecule has 0 unspecified atom stereocenters. The summed E-state index contributed by atoms with van der Waals surface area (Å²) in [4.78, 5) is 0. The van der Waals surface area contributed by atoms with E-state index in [1.165, 1.54) is 6.92 Å². The molecule has 0 aliphatic rings. The Labute approximate surface area is 92.7 Å². The van der Waals surface area contributed by atoms with E-state index in [2.05, 4.69) is 0 Å². The minimum absolute atomic E-state index is 0.217. The maximum Gasteiger partial charge on any atom is 0.417 e. The van der Waals surface area contributed by atoms with Gasteiger partial charge in [-0.3, -0.25) is 0 Å². The van der Waals surface area contributed by atoms with Crippen molar-refractivity contribution >= 4 is 0 Å². The van der Waals surface area contributed by atoms with Gasteiger partial charge in [0, 0.05) is 0 Å². The molecule has 0 spiro atoms. The first-order valence-corrected chi connectivity index (χ1v) is 4.50. The molecule has 1 N–H and O–H groups in total. The van der Waals surface area contributed by atoms with E-state index in [9.17, 15) is 26.3 Å². The summed E-state index contributed by atoms with van der Waals surface area (Å²) in [6.07, 6.45) is -11.5. The molecule has 1 aromatic rings. The van der Waals surface area contributed by atoms with Crippen molar-refractivity contribution in [2.45, 2.75) is 25.4 Å². The number of hydrogen-bond donors (Lipinski definition) is 1. The lowest BCUT2D eigenvalue weighted by Crippen LogP contribution is -2.17. The monoisotopic (exact) mass is 258 g/mol. The van der Waals surface area contributed by atoms with E-state index < -0.39 is 29.6 Å². The van der Waals surface area contributed by atoms with E-state index in [0.717, 1.165) is 6.07 Å². The minimum Gasteiger partial charge on any atom is -0.389 e. The molecule has 1 rings (SSSR count). The lowest BCUT2D eigenvalue weighted by Gasteiger charge is -2.17. The van der Waals surface area contributed by atoms with Crippen LogP contribution in [0.25, 0.3) is 0 Å². The van der Waals surface area contributed by atoms with Crippen molar-refractivity contribution in [3.8, 4) is 0 Å². The maximum atomic E-state index is 12.4. The summed E-state index contributed by atoms with van der Waals surface area (Å²) in [5.41, 5.74) is -3.76. The van der Waals surface area contributed by atoms with Crippen LogP contribution in [0.2, 0.25) is 0 Å². The van der Waals surface area contributed by atoms with E-state index in [0.29, 0.717) is 12.1 Å². The highest BCUT2D eigenvalue weighted by Crippen LogP contribution is 2.41. The fourth-order valence-electron chi connectivity index (χ4n) is 1.30. The Morgan fingerprint density at radius 2 is 1.41 bits per heavy atom. The van der Waals surface area contributed by atoms with Crippen molar-refractivity contribution in [1.82, 2.24) is 0 Å². The molecule has 0 radical (unpaired) electrons. The maximum absolute atomic E-state index is 12.4. The molecule has 1 atom stereocenters. The SMILES string of the molecule is C[C@@H](O)c1ccc(C(F)(F)F)c(C(F)(F)F)c1.